The van der Waals surface area contributed by atoms with Crippen LogP contribution in [0.15, 0.2) is 53.8 Å². The predicted octanol–water partition coefficient (Wildman–Crippen LogP) is 5.70. The molecule has 1 aliphatic heterocycles. The van der Waals surface area contributed by atoms with Crippen LogP contribution in [-0.4, -0.2) is 48.1 Å². The number of rotatable bonds is 5. The summed E-state index contributed by atoms with van der Waals surface area (Å²) in [6.07, 6.45) is 0.736. The average molecular weight is 587 g/mol. The molecule has 1 saturated heterocycles. The molecule has 7 nitrogen and oxygen atoms in total. The van der Waals surface area contributed by atoms with E-state index in [1.807, 2.05) is 29.8 Å². The van der Waals surface area contributed by atoms with Gasteiger partial charge in [-0.05, 0) is 47.6 Å². The number of alkyl halides is 5. The number of nitrogens with zero attached hydrogens (tertiary/aromatic N) is 6. The van der Waals surface area contributed by atoms with E-state index in [0.717, 1.165) is 34.7 Å². The first-order valence-corrected chi connectivity index (χ1v) is 14.0. The van der Waals surface area contributed by atoms with Crippen molar-refractivity contribution < 1.29 is 22.0 Å². The molecule has 3 aromatic heterocycles. The maximum Gasteiger partial charge on any atom is 0.419 e. The first kappa shape index (κ1) is 28.4. The summed E-state index contributed by atoms with van der Waals surface area (Å²) >= 11 is 0. The van der Waals surface area contributed by atoms with Crippen LogP contribution in [0.2, 0.25) is 0 Å². The lowest BCUT2D eigenvalue weighted by atomic mass is 9.58. The molecule has 0 spiro atoms. The van der Waals surface area contributed by atoms with Gasteiger partial charge in [-0.15, -0.1) is 10.2 Å². The Morgan fingerprint density at radius 3 is 2.52 bits per heavy atom. The number of hydrogen-bond acceptors (Lipinski definition) is 5. The summed E-state index contributed by atoms with van der Waals surface area (Å²) in [6, 6.07) is 8.38. The summed E-state index contributed by atoms with van der Waals surface area (Å²) in [7, 11) is 1.88. The van der Waals surface area contributed by atoms with Gasteiger partial charge in [-0.1, -0.05) is 32.0 Å². The highest BCUT2D eigenvalue weighted by molar-refractivity contribution is 5.66. The number of halogens is 5. The standard InChI is InChI=1S/C30H31F5N6O/c1-18-11-28(12-18,27-38-37-17-39(27)3)22-6-4-5-21(10-22)23-13-36-25-24(30(33,34)35)9-20(16-41(25)26(23)42)15-40-8-7-29(31,32)19(2)14-40/h4-6,9-10,13,16-19H,7-8,11-12,14-15H2,1-3H3/t18?,19-,28?/m1/s1. The van der Waals surface area contributed by atoms with Gasteiger partial charge < -0.3 is 4.57 Å². The lowest BCUT2D eigenvalue weighted by molar-refractivity contribution is -0.136. The van der Waals surface area contributed by atoms with Crippen LogP contribution in [0.25, 0.3) is 16.8 Å². The second-order valence-corrected chi connectivity index (χ2v) is 12.0. The number of hydrogen-bond donors (Lipinski definition) is 0. The van der Waals surface area contributed by atoms with Crippen molar-refractivity contribution >= 4 is 5.65 Å². The normalized spacial score (nSPS) is 24.6. The van der Waals surface area contributed by atoms with E-state index in [1.54, 1.807) is 17.3 Å². The molecule has 42 heavy (non-hydrogen) atoms. The third-order valence-corrected chi connectivity index (χ3v) is 8.84. The Kier molecular flexibility index (Phi) is 6.75. The summed E-state index contributed by atoms with van der Waals surface area (Å²) < 4.78 is 73.3. The molecule has 4 heterocycles. The fraction of sp³-hybridized carbons (Fsp3) is 0.467. The van der Waals surface area contributed by atoms with Gasteiger partial charge >= 0.3 is 6.18 Å². The van der Waals surface area contributed by atoms with Gasteiger partial charge in [-0.3, -0.25) is 14.1 Å². The number of aryl methyl sites for hydroxylation is 1. The highest BCUT2D eigenvalue weighted by atomic mass is 19.4. The summed E-state index contributed by atoms with van der Waals surface area (Å²) in [5.41, 5.74) is -0.738. The van der Waals surface area contributed by atoms with Crippen molar-refractivity contribution in [2.75, 3.05) is 13.1 Å². The molecule has 0 radical (unpaired) electrons. The third kappa shape index (κ3) is 4.79. The van der Waals surface area contributed by atoms with Crippen molar-refractivity contribution in [3.05, 3.63) is 81.9 Å². The van der Waals surface area contributed by atoms with Crippen LogP contribution in [0, 0.1) is 11.8 Å². The third-order valence-electron chi connectivity index (χ3n) is 8.84. The van der Waals surface area contributed by atoms with Gasteiger partial charge in [0.1, 0.15) is 12.2 Å². The maximum absolute atomic E-state index is 14.1. The fourth-order valence-electron chi connectivity index (χ4n) is 6.68. The molecule has 1 atom stereocenters. The van der Waals surface area contributed by atoms with Gasteiger partial charge in [0.15, 0.2) is 5.65 Å². The molecule has 4 aromatic rings. The molecule has 0 unspecified atom stereocenters. The van der Waals surface area contributed by atoms with Crippen LogP contribution >= 0.6 is 0 Å². The lowest BCUT2D eigenvalue weighted by Crippen LogP contribution is -2.45. The predicted molar refractivity (Wildman–Crippen MR) is 146 cm³/mol. The van der Waals surface area contributed by atoms with Crippen LogP contribution in [0.4, 0.5) is 22.0 Å². The Labute approximate surface area is 239 Å². The first-order chi connectivity index (χ1) is 19.8. The van der Waals surface area contributed by atoms with Gasteiger partial charge in [0.05, 0.1) is 16.5 Å². The van der Waals surface area contributed by atoms with Gasteiger partial charge in [-0.2, -0.15) is 13.2 Å². The Morgan fingerprint density at radius 2 is 1.88 bits per heavy atom. The topological polar surface area (TPSA) is 68.3 Å². The number of piperidine rings is 1. The molecule has 2 aliphatic rings. The molecular weight excluding hydrogens is 555 g/mol. The van der Waals surface area contributed by atoms with Crippen LogP contribution in [0.1, 0.15) is 55.6 Å². The first-order valence-electron chi connectivity index (χ1n) is 14.0. The second kappa shape index (κ2) is 9.96. The number of fused-ring (bicyclic) bond motifs is 1. The van der Waals surface area contributed by atoms with E-state index >= 15 is 0 Å². The van der Waals surface area contributed by atoms with E-state index < -0.39 is 34.8 Å². The van der Waals surface area contributed by atoms with Crippen LogP contribution in [-0.2, 0) is 25.2 Å². The highest BCUT2D eigenvalue weighted by Gasteiger charge is 2.48. The number of aromatic nitrogens is 5. The SMILES string of the molecule is CC1CC(c2cccc(-c3cnc4c(C(F)(F)F)cc(CN5CCC(F)(F)[C@H](C)C5)cn4c3=O)c2)(c2nncn2C)C1. The second-order valence-electron chi connectivity index (χ2n) is 12.0. The Morgan fingerprint density at radius 1 is 1.12 bits per heavy atom. The minimum Gasteiger partial charge on any atom is -0.320 e. The zero-order valence-corrected chi connectivity index (χ0v) is 23.5. The van der Waals surface area contributed by atoms with E-state index in [2.05, 4.69) is 22.1 Å². The molecule has 6 rings (SSSR count). The summed E-state index contributed by atoms with van der Waals surface area (Å²) in [5, 5.41) is 8.42. The molecule has 1 aromatic carbocycles. The molecular formula is C30H31F5N6O. The van der Waals surface area contributed by atoms with Gasteiger partial charge in [0.2, 0.25) is 0 Å². The Balaban J connectivity index is 1.42. The number of pyridine rings is 1. The summed E-state index contributed by atoms with van der Waals surface area (Å²) in [5.74, 6) is -2.47. The Hall–Kier alpha value is -3.67. The number of benzene rings is 1. The molecule has 2 fully saturated rings. The van der Waals surface area contributed by atoms with Crippen molar-refractivity contribution in [1.29, 1.82) is 0 Å². The number of likely N-dealkylation sites (tertiary alicyclic amines) is 1. The summed E-state index contributed by atoms with van der Waals surface area (Å²) in [6.45, 7) is 3.68. The molecule has 222 valence electrons. The summed E-state index contributed by atoms with van der Waals surface area (Å²) in [4.78, 5) is 19.6. The molecule has 0 amide bonds. The smallest absolute Gasteiger partial charge is 0.320 e. The zero-order chi connectivity index (χ0) is 30.0. The van der Waals surface area contributed by atoms with E-state index in [9.17, 15) is 26.7 Å². The van der Waals surface area contributed by atoms with Crippen molar-refractivity contribution in [1.82, 2.24) is 29.0 Å². The van der Waals surface area contributed by atoms with E-state index in [4.69, 9.17) is 0 Å². The highest BCUT2D eigenvalue weighted by Crippen LogP contribution is 2.51. The van der Waals surface area contributed by atoms with Crippen LogP contribution in [0.5, 0.6) is 0 Å². The molecule has 0 bridgehead atoms. The minimum atomic E-state index is -4.77. The zero-order valence-electron chi connectivity index (χ0n) is 23.5. The quantitative estimate of drug-likeness (QED) is 0.281. The monoisotopic (exact) mass is 586 g/mol. The van der Waals surface area contributed by atoms with Gasteiger partial charge in [0.25, 0.3) is 11.5 Å². The van der Waals surface area contributed by atoms with Crippen LogP contribution in [0.3, 0.4) is 0 Å². The largest absolute Gasteiger partial charge is 0.419 e. The molecule has 0 N–H and O–H groups in total. The molecule has 1 saturated carbocycles. The van der Waals surface area contributed by atoms with Crippen molar-refractivity contribution in [2.24, 2.45) is 18.9 Å². The van der Waals surface area contributed by atoms with Crippen molar-refractivity contribution in [3.63, 3.8) is 0 Å². The van der Waals surface area contributed by atoms with Gasteiger partial charge in [-0.25, -0.2) is 13.8 Å². The lowest BCUT2D eigenvalue weighted by Gasteiger charge is -2.46. The average Bonchev–Trinajstić information content (AvgIpc) is 3.34. The van der Waals surface area contributed by atoms with Gasteiger partial charge in [0, 0.05) is 51.4 Å². The van der Waals surface area contributed by atoms with E-state index in [1.165, 1.54) is 19.3 Å². The molecule has 1 aliphatic carbocycles. The van der Waals surface area contributed by atoms with E-state index in [0.29, 0.717) is 11.5 Å². The van der Waals surface area contributed by atoms with Crippen LogP contribution < -0.4 is 5.56 Å². The van der Waals surface area contributed by atoms with Crippen molar-refractivity contribution in [2.45, 2.75) is 57.2 Å². The molecule has 12 heteroatoms. The van der Waals surface area contributed by atoms with E-state index in [-0.39, 0.29) is 42.6 Å². The Bertz CT molecular complexity index is 1700. The maximum atomic E-state index is 14.1. The minimum absolute atomic E-state index is 0.00397. The fourth-order valence-corrected chi connectivity index (χ4v) is 6.68. The van der Waals surface area contributed by atoms with Crippen molar-refractivity contribution in [3.8, 4) is 11.1 Å².